The molecular weight excluding hydrogens is 396 g/mol. The van der Waals surface area contributed by atoms with Gasteiger partial charge in [-0.1, -0.05) is 18.6 Å². The Bertz CT molecular complexity index is 1090. The Morgan fingerprint density at radius 3 is 2.53 bits per heavy atom. The van der Waals surface area contributed by atoms with Crippen LogP contribution in [0.3, 0.4) is 0 Å². The van der Waals surface area contributed by atoms with Crippen LogP contribution in [0.4, 0.5) is 11.4 Å². The molecule has 3 aliphatic rings. The fourth-order valence-electron chi connectivity index (χ4n) is 4.93. The Morgan fingerprint density at radius 2 is 1.73 bits per heavy atom. The second-order valence-corrected chi connectivity index (χ2v) is 10.5. The molecule has 1 saturated carbocycles. The van der Waals surface area contributed by atoms with Crippen molar-refractivity contribution in [1.82, 2.24) is 0 Å². The third kappa shape index (κ3) is 3.51. The Morgan fingerprint density at radius 1 is 0.933 bits per heavy atom. The molecule has 0 spiro atoms. The summed E-state index contributed by atoms with van der Waals surface area (Å²) in [5.41, 5.74) is 4.91. The van der Waals surface area contributed by atoms with Crippen LogP contribution in [0.25, 0.3) is 0 Å². The summed E-state index contributed by atoms with van der Waals surface area (Å²) < 4.78 is 29.2. The van der Waals surface area contributed by atoms with Crippen LogP contribution in [0.15, 0.2) is 41.3 Å². The topological polar surface area (TPSA) is 66.5 Å². The van der Waals surface area contributed by atoms with Gasteiger partial charge < -0.3 is 4.90 Å². The van der Waals surface area contributed by atoms with Gasteiger partial charge in [0, 0.05) is 18.2 Å². The molecule has 1 amide bonds. The number of anilines is 2. The summed E-state index contributed by atoms with van der Waals surface area (Å²) in [6.07, 6.45) is 8.92. The van der Waals surface area contributed by atoms with E-state index < -0.39 is 10.0 Å². The van der Waals surface area contributed by atoms with Crippen LogP contribution in [-0.2, 0) is 34.1 Å². The highest BCUT2D eigenvalue weighted by Crippen LogP contribution is 2.35. The minimum atomic E-state index is -3.68. The zero-order valence-corrected chi connectivity index (χ0v) is 18.0. The summed E-state index contributed by atoms with van der Waals surface area (Å²) in [5.74, 6) is 0.345. The number of hydrogen-bond donors (Lipinski definition) is 1. The van der Waals surface area contributed by atoms with E-state index in [1.54, 1.807) is 12.1 Å². The Balaban J connectivity index is 1.43. The molecule has 1 N–H and O–H groups in total. The first-order chi connectivity index (χ1) is 14.5. The number of benzene rings is 2. The van der Waals surface area contributed by atoms with Crippen LogP contribution in [0, 0.1) is 5.92 Å². The van der Waals surface area contributed by atoms with Gasteiger partial charge in [0.25, 0.3) is 10.0 Å². The van der Waals surface area contributed by atoms with E-state index in [0.717, 1.165) is 81.1 Å². The summed E-state index contributed by atoms with van der Waals surface area (Å²) in [5, 5.41) is 0. The van der Waals surface area contributed by atoms with E-state index in [0.29, 0.717) is 5.69 Å². The molecule has 1 fully saturated rings. The van der Waals surface area contributed by atoms with Crippen LogP contribution in [0.1, 0.15) is 55.2 Å². The molecule has 2 aliphatic carbocycles. The number of sulfonamides is 1. The average molecular weight is 425 g/mol. The van der Waals surface area contributed by atoms with Gasteiger partial charge in [-0.25, -0.2) is 8.42 Å². The van der Waals surface area contributed by atoms with E-state index in [9.17, 15) is 13.2 Å². The highest BCUT2D eigenvalue weighted by Gasteiger charge is 2.32. The molecule has 5 rings (SSSR count). The van der Waals surface area contributed by atoms with Crippen molar-refractivity contribution >= 4 is 27.3 Å². The predicted octanol–water partition coefficient (Wildman–Crippen LogP) is 4.45. The van der Waals surface area contributed by atoms with Gasteiger partial charge in [-0.3, -0.25) is 9.52 Å². The van der Waals surface area contributed by atoms with Gasteiger partial charge in [0.15, 0.2) is 0 Å². The lowest BCUT2D eigenvalue weighted by Crippen LogP contribution is -2.41. The van der Waals surface area contributed by atoms with E-state index >= 15 is 0 Å². The van der Waals surface area contributed by atoms with Crippen molar-refractivity contribution in [2.75, 3.05) is 16.2 Å². The Hall–Kier alpha value is -2.34. The highest BCUT2D eigenvalue weighted by molar-refractivity contribution is 7.92. The van der Waals surface area contributed by atoms with Crippen molar-refractivity contribution in [3.8, 4) is 0 Å². The van der Waals surface area contributed by atoms with Crippen molar-refractivity contribution < 1.29 is 13.2 Å². The number of carbonyl (C=O) groups excluding carboxylic acids is 1. The van der Waals surface area contributed by atoms with Crippen molar-refractivity contribution in [1.29, 1.82) is 0 Å². The van der Waals surface area contributed by atoms with Gasteiger partial charge in [-0.05, 0) is 92.3 Å². The number of rotatable bonds is 4. The van der Waals surface area contributed by atoms with Crippen molar-refractivity contribution in [3.63, 3.8) is 0 Å². The summed E-state index contributed by atoms with van der Waals surface area (Å²) in [6, 6.07) is 11.1. The summed E-state index contributed by atoms with van der Waals surface area (Å²) in [4.78, 5) is 14.9. The largest absolute Gasteiger partial charge is 0.312 e. The molecule has 0 unspecified atom stereocenters. The standard InChI is InChI=1S/C24H28N2O3S/c27-24(18-8-3-9-18)26-15-5-10-19-16-20(13-14-23(19)26)30(28,29)25-22-12-4-7-17-6-1-2-11-21(17)22/h4,7,12-14,16,18,25H,1-3,5-6,8-11,15H2. The van der Waals surface area contributed by atoms with Crippen LogP contribution < -0.4 is 9.62 Å². The van der Waals surface area contributed by atoms with E-state index in [1.165, 1.54) is 5.56 Å². The fraction of sp³-hybridized carbons (Fsp3) is 0.458. The first kappa shape index (κ1) is 19.6. The van der Waals surface area contributed by atoms with E-state index in [1.807, 2.05) is 23.1 Å². The molecule has 5 nitrogen and oxygen atoms in total. The molecule has 6 heteroatoms. The third-order valence-corrected chi connectivity index (χ3v) is 8.20. The minimum absolute atomic E-state index is 0.144. The molecule has 0 saturated heterocycles. The summed E-state index contributed by atoms with van der Waals surface area (Å²) in [6.45, 7) is 0.725. The number of hydrogen-bond acceptors (Lipinski definition) is 3. The molecule has 2 aromatic rings. The molecule has 158 valence electrons. The molecule has 0 atom stereocenters. The van der Waals surface area contributed by atoms with Crippen LogP contribution in [-0.4, -0.2) is 20.9 Å². The Kier molecular flexibility index (Phi) is 5.05. The zero-order valence-electron chi connectivity index (χ0n) is 17.2. The first-order valence-corrected chi connectivity index (χ1v) is 12.6. The maximum absolute atomic E-state index is 13.2. The quantitative estimate of drug-likeness (QED) is 0.789. The van der Waals surface area contributed by atoms with Crippen LogP contribution >= 0.6 is 0 Å². The van der Waals surface area contributed by atoms with Crippen LogP contribution in [0.2, 0.25) is 0 Å². The van der Waals surface area contributed by atoms with Gasteiger partial charge in [-0.2, -0.15) is 0 Å². The van der Waals surface area contributed by atoms with E-state index in [2.05, 4.69) is 10.8 Å². The first-order valence-electron chi connectivity index (χ1n) is 11.1. The number of amides is 1. The average Bonchev–Trinajstić information content (AvgIpc) is 2.71. The van der Waals surface area contributed by atoms with Gasteiger partial charge in [0.05, 0.1) is 10.6 Å². The lowest BCUT2D eigenvalue weighted by molar-refractivity contribution is -0.124. The molecule has 1 aliphatic heterocycles. The molecule has 30 heavy (non-hydrogen) atoms. The molecular formula is C24H28N2O3S. The van der Waals surface area contributed by atoms with Gasteiger partial charge >= 0.3 is 0 Å². The third-order valence-electron chi connectivity index (χ3n) is 6.84. The van der Waals surface area contributed by atoms with Gasteiger partial charge in [0.1, 0.15) is 0 Å². The number of fused-ring (bicyclic) bond motifs is 2. The van der Waals surface area contributed by atoms with Crippen molar-refractivity contribution in [2.24, 2.45) is 5.92 Å². The number of nitrogens with zero attached hydrogens (tertiary/aromatic N) is 1. The lowest BCUT2D eigenvalue weighted by Gasteiger charge is -2.35. The van der Waals surface area contributed by atoms with Crippen LogP contribution in [0.5, 0.6) is 0 Å². The molecule has 2 aromatic carbocycles. The minimum Gasteiger partial charge on any atom is -0.312 e. The summed E-state index contributed by atoms with van der Waals surface area (Å²) >= 11 is 0. The fourth-order valence-corrected chi connectivity index (χ4v) is 6.07. The number of carbonyl (C=O) groups is 1. The van der Waals surface area contributed by atoms with Gasteiger partial charge in [-0.15, -0.1) is 0 Å². The van der Waals surface area contributed by atoms with Crippen molar-refractivity contribution in [3.05, 3.63) is 53.1 Å². The summed E-state index contributed by atoms with van der Waals surface area (Å²) in [7, 11) is -3.68. The second kappa shape index (κ2) is 7.73. The monoisotopic (exact) mass is 424 g/mol. The Labute approximate surface area is 178 Å². The molecule has 0 aromatic heterocycles. The van der Waals surface area contributed by atoms with Crippen molar-refractivity contribution in [2.45, 2.75) is 62.7 Å². The number of aryl methyl sites for hydroxylation is 2. The maximum Gasteiger partial charge on any atom is 0.261 e. The SMILES string of the molecule is O=C(C1CCC1)N1CCCc2cc(S(=O)(=O)Nc3cccc4c3CCCC4)ccc21. The second-order valence-electron chi connectivity index (χ2n) is 8.77. The maximum atomic E-state index is 13.2. The zero-order chi connectivity index (χ0) is 20.7. The van der Waals surface area contributed by atoms with E-state index in [4.69, 9.17) is 0 Å². The molecule has 0 radical (unpaired) electrons. The lowest BCUT2D eigenvalue weighted by atomic mass is 9.83. The van der Waals surface area contributed by atoms with E-state index in [-0.39, 0.29) is 16.7 Å². The molecule has 1 heterocycles. The predicted molar refractivity (Wildman–Crippen MR) is 118 cm³/mol. The number of nitrogens with one attached hydrogen (secondary N) is 1. The van der Waals surface area contributed by atoms with Gasteiger partial charge in [0.2, 0.25) is 5.91 Å². The smallest absolute Gasteiger partial charge is 0.261 e. The normalized spacial score (nSPS) is 18.9. The molecule has 0 bridgehead atoms. The highest BCUT2D eigenvalue weighted by atomic mass is 32.2.